The summed E-state index contributed by atoms with van der Waals surface area (Å²) in [5.74, 6) is 0.866. The van der Waals surface area contributed by atoms with Gasteiger partial charge < -0.3 is 20.3 Å². The molecule has 0 bridgehead atoms. The number of benzene rings is 1. The maximum absolute atomic E-state index is 5.11. The zero-order valence-electron chi connectivity index (χ0n) is 17.0. The van der Waals surface area contributed by atoms with Crippen molar-refractivity contribution in [3.8, 4) is 0 Å². The average molecular weight is 489 g/mol. The van der Waals surface area contributed by atoms with Gasteiger partial charge in [-0.3, -0.25) is 9.89 Å². The normalized spacial score (nSPS) is 16.2. The second-order valence-electron chi connectivity index (χ2n) is 6.85. The third kappa shape index (κ3) is 8.76. The van der Waals surface area contributed by atoms with Gasteiger partial charge in [0.25, 0.3) is 0 Å². The number of ether oxygens (including phenoxy) is 1. The number of halogens is 1. The fourth-order valence-electron chi connectivity index (χ4n) is 3.32. The minimum absolute atomic E-state index is 0. The Labute approximate surface area is 181 Å². The SMILES string of the molecule is CN=C(NCCN(C)CCOC)NCC(c1ccccc1)N1CCCC1.I. The fourth-order valence-corrected chi connectivity index (χ4v) is 3.32. The van der Waals surface area contributed by atoms with E-state index in [2.05, 4.69) is 62.8 Å². The fraction of sp³-hybridized carbons (Fsp3) is 0.650. The Morgan fingerprint density at radius 3 is 2.52 bits per heavy atom. The standard InChI is InChI=1S/C20H35N5O.HI/c1-21-20(22-11-14-24(2)15-16-26-3)23-17-19(25-12-7-8-13-25)18-9-5-4-6-10-18;/h4-6,9-10,19H,7-8,11-17H2,1-3H3,(H2,21,22,23);1H. The lowest BCUT2D eigenvalue weighted by Gasteiger charge is -2.29. The van der Waals surface area contributed by atoms with Crippen molar-refractivity contribution < 1.29 is 4.74 Å². The molecule has 6 nitrogen and oxygen atoms in total. The van der Waals surface area contributed by atoms with Gasteiger partial charge in [0.05, 0.1) is 12.6 Å². The predicted molar refractivity (Wildman–Crippen MR) is 124 cm³/mol. The molecule has 0 aromatic heterocycles. The summed E-state index contributed by atoms with van der Waals surface area (Å²) in [7, 11) is 5.68. The molecule has 1 aliphatic heterocycles. The Morgan fingerprint density at radius 2 is 1.89 bits per heavy atom. The second kappa shape index (κ2) is 14.1. The number of likely N-dealkylation sites (tertiary alicyclic amines) is 1. The smallest absolute Gasteiger partial charge is 0.191 e. The van der Waals surface area contributed by atoms with E-state index in [1.54, 1.807) is 7.11 Å². The lowest BCUT2D eigenvalue weighted by molar-refractivity contribution is 0.162. The molecule has 1 fully saturated rings. The van der Waals surface area contributed by atoms with Gasteiger partial charge in [0, 0.05) is 40.3 Å². The molecule has 1 aliphatic rings. The van der Waals surface area contributed by atoms with E-state index in [9.17, 15) is 0 Å². The summed E-state index contributed by atoms with van der Waals surface area (Å²) >= 11 is 0. The highest BCUT2D eigenvalue weighted by atomic mass is 127. The van der Waals surface area contributed by atoms with Gasteiger partial charge in [-0.1, -0.05) is 30.3 Å². The van der Waals surface area contributed by atoms with E-state index >= 15 is 0 Å². The molecule has 7 heteroatoms. The van der Waals surface area contributed by atoms with Crippen LogP contribution in [-0.4, -0.2) is 82.8 Å². The topological polar surface area (TPSA) is 52.1 Å². The van der Waals surface area contributed by atoms with Crippen LogP contribution in [0, 0.1) is 0 Å². The number of rotatable bonds is 10. The summed E-state index contributed by atoms with van der Waals surface area (Å²) in [6, 6.07) is 11.2. The first kappa shape index (κ1) is 24.1. The number of hydrogen-bond acceptors (Lipinski definition) is 4. The molecule has 1 aromatic rings. The minimum Gasteiger partial charge on any atom is -0.383 e. The number of nitrogens with one attached hydrogen (secondary N) is 2. The quantitative estimate of drug-likeness (QED) is 0.300. The van der Waals surface area contributed by atoms with Crippen LogP contribution in [0.25, 0.3) is 0 Å². The summed E-state index contributed by atoms with van der Waals surface area (Å²) in [5.41, 5.74) is 1.37. The molecular weight excluding hydrogens is 453 g/mol. The van der Waals surface area contributed by atoms with Crippen LogP contribution in [0.2, 0.25) is 0 Å². The van der Waals surface area contributed by atoms with Crippen LogP contribution in [0.3, 0.4) is 0 Å². The van der Waals surface area contributed by atoms with Gasteiger partial charge in [0.15, 0.2) is 5.96 Å². The molecule has 0 radical (unpaired) electrons. The zero-order valence-corrected chi connectivity index (χ0v) is 19.3. The lowest BCUT2D eigenvalue weighted by Crippen LogP contribution is -2.44. The van der Waals surface area contributed by atoms with E-state index in [0.717, 1.165) is 38.7 Å². The first-order chi connectivity index (χ1) is 12.7. The molecule has 1 aromatic carbocycles. The van der Waals surface area contributed by atoms with Gasteiger partial charge in [-0.2, -0.15) is 0 Å². The molecule has 1 atom stereocenters. The van der Waals surface area contributed by atoms with Crippen molar-refractivity contribution in [1.82, 2.24) is 20.4 Å². The van der Waals surface area contributed by atoms with E-state index < -0.39 is 0 Å². The molecule has 0 amide bonds. The lowest BCUT2D eigenvalue weighted by atomic mass is 10.1. The van der Waals surface area contributed by atoms with Crippen molar-refractivity contribution in [3.05, 3.63) is 35.9 Å². The summed E-state index contributed by atoms with van der Waals surface area (Å²) in [5, 5.41) is 6.93. The molecule has 1 saturated heterocycles. The van der Waals surface area contributed by atoms with Gasteiger partial charge in [0.1, 0.15) is 0 Å². The van der Waals surface area contributed by atoms with Crippen LogP contribution in [0.15, 0.2) is 35.3 Å². The van der Waals surface area contributed by atoms with Crippen LogP contribution in [0.1, 0.15) is 24.4 Å². The van der Waals surface area contributed by atoms with Crippen LogP contribution < -0.4 is 10.6 Å². The largest absolute Gasteiger partial charge is 0.383 e. The Kier molecular flexibility index (Phi) is 12.6. The first-order valence-electron chi connectivity index (χ1n) is 9.65. The molecule has 154 valence electrons. The number of hydrogen-bond donors (Lipinski definition) is 2. The average Bonchev–Trinajstić information content (AvgIpc) is 3.20. The molecule has 0 aliphatic carbocycles. The van der Waals surface area contributed by atoms with Crippen molar-refractivity contribution in [2.24, 2.45) is 4.99 Å². The number of aliphatic imine (C=N–C) groups is 1. The van der Waals surface area contributed by atoms with Crippen molar-refractivity contribution in [2.45, 2.75) is 18.9 Å². The van der Waals surface area contributed by atoms with E-state index in [-0.39, 0.29) is 24.0 Å². The van der Waals surface area contributed by atoms with Crippen LogP contribution >= 0.6 is 24.0 Å². The molecule has 27 heavy (non-hydrogen) atoms. The number of methoxy groups -OCH3 is 1. The van der Waals surface area contributed by atoms with Crippen molar-refractivity contribution >= 4 is 29.9 Å². The van der Waals surface area contributed by atoms with Gasteiger partial charge >= 0.3 is 0 Å². The molecule has 1 unspecified atom stereocenters. The molecule has 1 heterocycles. The van der Waals surface area contributed by atoms with E-state index in [1.807, 2.05) is 7.05 Å². The molecule has 2 rings (SSSR count). The minimum atomic E-state index is 0. The Hall–Kier alpha value is -0.900. The maximum atomic E-state index is 5.11. The van der Waals surface area contributed by atoms with Crippen LogP contribution in [-0.2, 0) is 4.74 Å². The molecular formula is C20H36IN5O. The number of nitrogens with zero attached hydrogens (tertiary/aromatic N) is 3. The monoisotopic (exact) mass is 489 g/mol. The van der Waals surface area contributed by atoms with Crippen molar-refractivity contribution in [1.29, 1.82) is 0 Å². The summed E-state index contributed by atoms with van der Waals surface area (Å²) in [6.07, 6.45) is 2.59. The highest BCUT2D eigenvalue weighted by Gasteiger charge is 2.23. The van der Waals surface area contributed by atoms with Gasteiger partial charge in [-0.05, 0) is 38.5 Å². The first-order valence-corrected chi connectivity index (χ1v) is 9.65. The maximum Gasteiger partial charge on any atom is 0.191 e. The number of guanidine groups is 1. The molecule has 0 saturated carbocycles. The van der Waals surface area contributed by atoms with E-state index in [4.69, 9.17) is 4.74 Å². The van der Waals surface area contributed by atoms with Gasteiger partial charge in [-0.25, -0.2) is 0 Å². The highest BCUT2D eigenvalue weighted by molar-refractivity contribution is 14.0. The summed E-state index contributed by atoms with van der Waals surface area (Å²) in [4.78, 5) is 9.20. The summed E-state index contributed by atoms with van der Waals surface area (Å²) in [6.45, 7) is 6.74. The number of likely N-dealkylation sites (N-methyl/N-ethyl adjacent to an activating group) is 1. The third-order valence-electron chi connectivity index (χ3n) is 4.92. The predicted octanol–water partition coefficient (Wildman–Crippen LogP) is 2.18. The third-order valence-corrected chi connectivity index (χ3v) is 4.92. The Morgan fingerprint density at radius 1 is 1.19 bits per heavy atom. The Bertz CT molecular complexity index is 522. The molecule has 0 spiro atoms. The zero-order chi connectivity index (χ0) is 18.6. The summed E-state index contributed by atoms with van der Waals surface area (Å²) < 4.78 is 5.11. The van der Waals surface area contributed by atoms with E-state index in [0.29, 0.717) is 6.04 Å². The van der Waals surface area contributed by atoms with Gasteiger partial charge in [0.2, 0.25) is 0 Å². The highest BCUT2D eigenvalue weighted by Crippen LogP contribution is 2.24. The second-order valence-corrected chi connectivity index (χ2v) is 6.85. The van der Waals surface area contributed by atoms with Crippen molar-refractivity contribution in [3.63, 3.8) is 0 Å². The van der Waals surface area contributed by atoms with E-state index in [1.165, 1.54) is 31.5 Å². The molecule has 2 N–H and O–H groups in total. The Balaban J connectivity index is 0.00000364. The van der Waals surface area contributed by atoms with Crippen LogP contribution in [0.4, 0.5) is 0 Å². The van der Waals surface area contributed by atoms with Gasteiger partial charge in [-0.15, -0.1) is 24.0 Å². The van der Waals surface area contributed by atoms with Crippen LogP contribution in [0.5, 0.6) is 0 Å². The van der Waals surface area contributed by atoms with Crippen molar-refractivity contribution in [2.75, 3.05) is 67.1 Å².